The van der Waals surface area contributed by atoms with Crippen molar-refractivity contribution in [3.8, 4) is 0 Å². The monoisotopic (exact) mass is 474 g/mol. The van der Waals surface area contributed by atoms with E-state index < -0.39 is 0 Å². The van der Waals surface area contributed by atoms with E-state index in [0.717, 1.165) is 31.4 Å². The van der Waals surface area contributed by atoms with Gasteiger partial charge in [-0.25, -0.2) is 3.11 Å². The second kappa shape index (κ2) is 4.80. The molecule has 0 fully saturated rings. The van der Waals surface area contributed by atoms with E-state index >= 15 is 0 Å². The van der Waals surface area contributed by atoms with Crippen molar-refractivity contribution in [3.05, 3.63) is 23.2 Å². The second-order valence-corrected chi connectivity index (χ2v) is 6.88. The SMILES string of the molecule is CC1CCN(I)C2=C1N(C)C1=C(NCCO1)N2I. The minimum absolute atomic E-state index is 0.563. The van der Waals surface area contributed by atoms with Gasteiger partial charge in [0.25, 0.3) is 0 Å². The summed E-state index contributed by atoms with van der Waals surface area (Å²) in [7, 11) is 2.10. The van der Waals surface area contributed by atoms with Crippen molar-refractivity contribution in [1.29, 1.82) is 0 Å². The normalized spacial score (nSPS) is 27.8. The van der Waals surface area contributed by atoms with Crippen LogP contribution in [0.25, 0.3) is 0 Å². The third kappa shape index (κ3) is 1.84. The lowest BCUT2D eigenvalue weighted by Crippen LogP contribution is -2.47. The Morgan fingerprint density at radius 2 is 2.17 bits per heavy atom. The standard InChI is InChI=1S/C11H16I2N4O/c1-7-3-5-16(12)10-8(7)15(2)11-9(17(10)13)14-4-6-18-11/h7,14H,3-6H2,1-2H3. The smallest absolute Gasteiger partial charge is 0.236 e. The molecule has 3 rings (SSSR count). The highest BCUT2D eigenvalue weighted by Crippen LogP contribution is 2.42. The summed E-state index contributed by atoms with van der Waals surface area (Å²) >= 11 is 4.76. The third-order valence-electron chi connectivity index (χ3n) is 3.57. The van der Waals surface area contributed by atoms with E-state index in [2.05, 4.69) is 76.1 Å². The van der Waals surface area contributed by atoms with Gasteiger partial charge in [-0.3, -0.25) is 3.11 Å². The molecule has 5 nitrogen and oxygen atoms in total. The second-order valence-electron chi connectivity index (χ2n) is 4.75. The minimum atomic E-state index is 0.563. The van der Waals surface area contributed by atoms with Crippen LogP contribution >= 0.6 is 45.7 Å². The maximum absolute atomic E-state index is 5.84. The molecule has 0 saturated heterocycles. The van der Waals surface area contributed by atoms with Gasteiger partial charge in [0.2, 0.25) is 5.88 Å². The third-order valence-corrected chi connectivity index (χ3v) is 5.45. The van der Waals surface area contributed by atoms with Crippen molar-refractivity contribution in [2.45, 2.75) is 13.3 Å². The van der Waals surface area contributed by atoms with Crippen LogP contribution in [0.15, 0.2) is 23.2 Å². The highest BCUT2D eigenvalue weighted by Gasteiger charge is 2.39. The fraction of sp³-hybridized carbons (Fsp3) is 0.636. The summed E-state index contributed by atoms with van der Waals surface area (Å²) < 4.78 is 10.3. The molecule has 18 heavy (non-hydrogen) atoms. The average Bonchev–Trinajstić information content (AvgIpc) is 2.38. The van der Waals surface area contributed by atoms with Crippen LogP contribution in [0.1, 0.15) is 13.3 Å². The molecule has 1 unspecified atom stereocenters. The molecule has 3 aliphatic rings. The molecule has 100 valence electrons. The van der Waals surface area contributed by atoms with Gasteiger partial charge in [-0.2, -0.15) is 0 Å². The van der Waals surface area contributed by atoms with Crippen molar-refractivity contribution in [1.82, 2.24) is 16.4 Å². The molecule has 0 saturated carbocycles. The maximum atomic E-state index is 5.84. The average molecular weight is 474 g/mol. The van der Waals surface area contributed by atoms with Gasteiger partial charge < -0.3 is 15.0 Å². The van der Waals surface area contributed by atoms with Crippen LogP contribution in [-0.4, -0.2) is 37.9 Å². The Morgan fingerprint density at radius 3 is 2.94 bits per heavy atom. The molecule has 0 radical (unpaired) electrons. The zero-order valence-electron chi connectivity index (χ0n) is 10.4. The van der Waals surface area contributed by atoms with E-state index in [0.29, 0.717) is 5.92 Å². The molecule has 0 spiro atoms. The lowest BCUT2D eigenvalue weighted by Gasteiger charge is -2.46. The molecule has 3 heterocycles. The number of nitrogens with zero attached hydrogens (tertiary/aromatic N) is 3. The molecular formula is C11H16I2N4O. The molecule has 7 heteroatoms. The number of rotatable bonds is 0. The zero-order valence-corrected chi connectivity index (χ0v) is 14.7. The molecule has 0 amide bonds. The van der Waals surface area contributed by atoms with Gasteiger partial charge in [0.05, 0.1) is 58.0 Å². The molecule has 3 aliphatic heterocycles. The van der Waals surface area contributed by atoms with E-state index in [1.165, 1.54) is 17.9 Å². The van der Waals surface area contributed by atoms with Crippen molar-refractivity contribution < 1.29 is 4.74 Å². The Labute approximate surface area is 135 Å². The van der Waals surface area contributed by atoms with Crippen molar-refractivity contribution in [2.75, 3.05) is 26.7 Å². The van der Waals surface area contributed by atoms with Gasteiger partial charge in [0, 0.05) is 19.5 Å². The van der Waals surface area contributed by atoms with Crippen LogP contribution in [0.4, 0.5) is 0 Å². The number of halogens is 2. The predicted octanol–water partition coefficient (Wildman–Crippen LogP) is 2.19. The number of allylic oxidation sites excluding steroid dienone is 1. The molecular weight excluding hydrogens is 458 g/mol. The highest BCUT2D eigenvalue weighted by molar-refractivity contribution is 14.1. The largest absolute Gasteiger partial charge is 0.474 e. The van der Waals surface area contributed by atoms with Crippen LogP contribution in [0.5, 0.6) is 0 Å². The number of nitrogens with one attached hydrogen (secondary N) is 1. The Hall–Kier alpha value is -0.0600. The first-order valence-corrected chi connectivity index (χ1v) is 8.02. The van der Waals surface area contributed by atoms with Crippen LogP contribution in [0.3, 0.4) is 0 Å². The van der Waals surface area contributed by atoms with Gasteiger partial charge in [0.1, 0.15) is 12.4 Å². The Bertz CT molecular complexity index is 399. The Morgan fingerprint density at radius 1 is 1.39 bits per heavy atom. The van der Waals surface area contributed by atoms with Gasteiger partial charge in [0.15, 0.2) is 5.82 Å². The molecule has 1 N–H and O–H groups in total. The Kier molecular flexibility index (Phi) is 3.45. The molecule has 0 aromatic rings. The molecule has 0 aliphatic carbocycles. The zero-order chi connectivity index (χ0) is 12.9. The predicted molar refractivity (Wildman–Crippen MR) is 86.1 cm³/mol. The number of ether oxygens (including phenoxy) is 1. The van der Waals surface area contributed by atoms with Gasteiger partial charge in [-0.15, -0.1) is 0 Å². The minimum Gasteiger partial charge on any atom is -0.474 e. The van der Waals surface area contributed by atoms with Crippen LogP contribution in [0.2, 0.25) is 0 Å². The Balaban J connectivity index is 2.07. The first kappa shape index (κ1) is 12.9. The molecule has 0 bridgehead atoms. The highest BCUT2D eigenvalue weighted by atomic mass is 127. The molecule has 0 aromatic heterocycles. The summed E-state index contributed by atoms with van der Waals surface area (Å²) in [5, 5.41) is 3.44. The fourth-order valence-corrected chi connectivity index (χ4v) is 4.69. The fourth-order valence-electron chi connectivity index (χ4n) is 2.66. The van der Waals surface area contributed by atoms with E-state index in [1.54, 1.807) is 0 Å². The molecule has 0 aromatic carbocycles. The van der Waals surface area contributed by atoms with Gasteiger partial charge >= 0.3 is 0 Å². The summed E-state index contributed by atoms with van der Waals surface area (Å²) in [6.07, 6.45) is 1.19. The maximum Gasteiger partial charge on any atom is 0.236 e. The number of hydrogen-bond acceptors (Lipinski definition) is 5. The topological polar surface area (TPSA) is 31.0 Å². The summed E-state index contributed by atoms with van der Waals surface area (Å²) in [6, 6.07) is 0. The van der Waals surface area contributed by atoms with Crippen molar-refractivity contribution in [2.24, 2.45) is 5.92 Å². The van der Waals surface area contributed by atoms with E-state index in [9.17, 15) is 0 Å². The van der Waals surface area contributed by atoms with Crippen LogP contribution < -0.4 is 5.32 Å². The number of hydrogen-bond donors (Lipinski definition) is 1. The van der Waals surface area contributed by atoms with Gasteiger partial charge in [-0.05, 0) is 6.42 Å². The van der Waals surface area contributed by atoms with E-state index in [1.807, 2.05) is 0 Å². The summed E-state index contributed by atoms with van der Waals surface area (Å²) in [4.78, 5) is 2.21. The van der Waals surface area contributed by atoms with Crippen LogP contribution in [0, 0.1) is 5.92 Å². The lowest BCUT2D eigenvalue weighted by atomic mass is 9.98. The van der Waals surface area contributed by atoms with E-state index in [-0.39, 0.29) is 0 Å². The first-order valence-electron chi connectivity index (χ1n) is 6.09. The van der Waals surface area contributed by atoms with Gasteiger partial charge in [-0.1, -0.05) is 6.92 Å². The summed E-state index contributed by atoms with van der Waals surface area (Å²) in [6.45, 7) is 4.99. The van der Waals surface area contributed by atoms with E-state index in [4.69, 9.17) is 4.74 Å². The lowest BCUT2D eigenvalue weighted by molar-refractivity contribution is 0.0940. The summed E-state index contributed by atoms with van der Waals surface area (Å²) in [5.41, 5.74) is 1.35. The first-order chi connectivity index (χ1) is 8.61. The summed E-state index contributed by atoms with van der Waals surface area (Å²) in [5.74, 6) is 3.86. The van der Waals surface area contributed by atoms with Crippen molar-refractivity contribution >= 4 is 45.7 Å². The van der Waals surface area contributed by atoms with Crippen LogP contribution in [-0.2, 0) is 4.74 Å². The quantitative estimate of drug-likeness (QED) is 0.430. The molecule has 1 atom stereocenters. The van der Waals surface area contributed by atoms with Crippen molar-refractivity contribution in [3.63, 3.8) is 0 Å².